The zero-order valence-corrected chi connectivity index (χ0v) is 15.4. The highest BCUT2D eigenvalue weighted by molar-refractivity contribution is 5.97. The lowest BCUT2D eigenvalue weighted by molar-refractivity contribution is -0.139. The number of hydrogen-bond acceptors (Lipinski definition) is 3. The van der Waals surface area contributed by atoms with E-state index in [4.69, 9.17) is 15.6 Å². The second kappa shape index (κ2) is 7.25. The number of carbonyl (C=O) groups excluding carboxylic acids is 1. The van der Waals surface area contributed by atoms with E-state index in [0.717, 1.165) is 42.3 Å². The van der Waals surface area contributed by atoms with Gasteiger partial charge in [-0.3, -0.25) is 4.79 Å². The maximum atomic E-state index is 12.2. The van der Waals surface area contributed by atoms with Gasteiger partial charge in [-0.05, 0) is 55.7 Å². The summed E-state index contributed by atoms with van der Waals surface area (Å²) in [5, 5.41) is 9.89. The SMILES string of the molecule is NC(=O)C1CCCc2c1c1c(OCC(=O)O)cccc1n2CC1CCCC1. The molecule has 2 aliphatic rings. The van der Waals surface area contributed by atoms with E-state index in [1.807, 2.05) is 12.1 Å². The Bertz CT molecular complexity index is 880. The third-order valence-corrected chi connectivity index (χ3v) is 6.07. The number of carbonyl (C=O) groups is 2. The molecule has 1 heterocycles. The van der Waals surface area contributed by atoms with Crippen LogP contribution in [0.3, 0.4) is 0 Å². The molecule has 1 fully saturated rings. The minimum Gasteiger partial charge on any atom is -0.481 e. The molecule has 1 amide bonds. The number of nitrogens with zero attached hydrogens (tertiary/aromatic N) is 1. The summed E-state index contributed by atoms with van der Waals surface area (Å²) in [7, 11) is 0. The predicted octanol–water partition coefficient (Wildman–Crippen LogP) is 3.20. The van der Waals surface area contributed by atoms with E-state index >= 15 is 0 Å². The topological polar surface area (TPSA) is 94.6 Å². The third-order valence-electron chi connectivity index (χ3n) is 6.07. The highest BCUT2D eigenvalue weighted by Crippen LogP contribution is 2.44. The lowest BCUT2D eigenvalue weighted by Crippen LogP contribution is -2.25. The smallest absolute Gasteiger partial charge is 0.341 e. The number of fused-ring (bicyclic) bond motifs is 3. The van der Waals surface area contributed by atoms with Crippen LogP contribution in [0.4, 0.5) is 0 Å². The molecule has 6 nitrogen and oxygen atoms in total. The molecule has 0 radical (unpaired) electrons. The van der Waals surface area contributed by atoms with Crippen LogP contribution < -0.4 is 10.5 Å². The van der Waals surface area contributed by atoms with Gasteiger partial charge in [0.2, 0.25) is 5.91 Å². The molecule has 144 valence electrons. The number of aromatic nitrogens is 1. The molecule has 1 aromatic heterocycles. The van der Waals surface area contributed by atoms with E-state index in [-0.39, 0.29) is 11.8 Å². The summed E-state index contributed by atoms with van der Waals surface area (Å²) >= 11 is 0. The Kier molecular flexibility index (Phi) is 4.81. The third kappa shape index (κ3) is 3.29. The Morgan fingerprint density at radius 2 is 1.96 bits per heavy atom. The number of amides is 1. The molecule has 2 aromatic rings. The number of rotatable bonds is 6. The maximum Gasteiger partial charge on any atom is 0.341 e. The van der Waals surface area contributed by atoms with Crippen molar-refractivity contribution in [1.29, 1.82) is 0 Å². The second-order valence-electron chi connectivity index (χ2n) is 7.80. The van der Waals surface area contributed by atoms with Crippen LogP contribution in [0.1, 0.15) is 55.7 Å². The number of carboxylic acid groups (broad SMARTS) is 1. The summed E-state index contributed by atoms with van der Waals surface area (Å²) in [4.78, 5) is 23.2. The summed E-state index contributed by atoms with van der Waals surface area (Å²) in [5.41, 5.74) is 8.91. The molecule has 3 N–H and O–H groups in total. The van der Waals surface area contributed by atoms with Crippen molar-refractivity contribution < 1.29 is 19.4 Å². The van der Waals surface area contributed by atoms with Crippen LogP contribution in [-0.2, 0) is 22.6 Å². The van der Waals surface area contributed by atoms with Crippen molar-refractivity contribution in [1.82, 2.24) is 4.57 Å². The Hall–Kier alpha value is -2.50. The summed E-state index contributed by atoms with van der Waals surface area (Å²) in [6.45, 7) is 0.544. The van der Waals surface area contributed by atoms with Crippen LogP contribution in [-0.4, -0.2) is 28.2 Å². The number of hydrogen-bond donors (Lipinski definition) is 2. The normalized spacial score (nSPS) is 19.9. The first-order valence-corrected chi connectivity index (χ1v) is 9.84. The molecule has 1 saturated carbocycles. The van der Waals surface area contributed by atoms with Gasteiger partial charge in [0, 0.05) is 17.6 Å². The fourth-order valence-corrected chi connectivity index (χ4v) is 4.92. The van der Waals surface area contributed by atoms with Crippen molar-refractivity contribution >= 4 is 22.8 Å². The zero-order chi connectivity index (χ0) is 19.0. The van der Waals surface area contributed by atoms with Crippen LogP contribution in [0.2, 0.25) is 0 Å². The molecule has 1 aromatic carbocycles. The van der Waals surface area contributed by atoms with Gasteiger partial charge in [-0.25, -0.2) is 4.79 Å². The quantitative estimate of drug-likeness (QED) is 0.816. The van der Waals surface area contributed by atoms with Crippen LogP contribution in [0.15, 0.2) is 18.2 Å². The van der Waals surface area contributed by atoms with Crippen molar-refractivity contribution in [2.75, 3.05) is 6.61 Å². The molecule has 0 saturated heterocycles. The number of benzene rings is 1. The first-order chi connectivity index (χ1) is 13.1. The Morgan fingerprint density at radius 1 is 1.19 bits per heavy atom. The van der Waals surface area contributed by atoms with Gasteiger partial charge in [0.05, 0.1) is 11.4 Å². The van der Waals surface area contributed by atoms with E-state index in [0.29, 0.717) is 11.7 Å². The van der Waals surface area contributed by atoms with E-state index in [1.165, 1.54) is 31.4 Å². The number of aliphatic carboxylic acids is 1. The van der Waals surface area contributed by atoms with Crippen molar-refractivity contribution in [3.05, 3.63) is 29.5 Å². The molecular formula is C21H26N2O4. The Balaban J connectivity index is 1.88. The lowest BCUT2D eigenvalue weighted by Gasteiger charge is -2.23. The standard InChI is InChI=1S/C21H26N2O4/c22-21(26)14-7-3-8-15-19(14)20-16(23(15)11-13-5-1-2-6-13)9-4-10-17(20)27-12-18(24)25/h4,9-10,13-14H,1-3,5-8,11-12H2,(H2,22,26)(H,24,25). The van der Waals surface area contributed by atoms with Gasteiger partial charge >= 0.3 is 5.97 Å². The summed E-state index contributed by atoms with van der Waals surface area (Å²) < 4.78 is 7.94. The first-order valence-electron chi connectivity index (χ1n) is 9.84. The minimum atomic E-state index is -1.02. The molecular weight excluding hydrogens is 344 g/mol. The predicted molar refractivity (Wildman–Crippen MR) is 102 cm³/mol. The molecule has 1 atom stereocenters. The van der Waals surface area contributed by atoms with Gasteiger partial charge in [-0.1, -0.05) is 18.9 Å². The van der Waals surface area contributed by atoms with Gasteiger partial charge in [-0.2, -0.15) is 0 Å². The molecule has 2 aliphatic carbocycles. The molecule has 27 heavy (non-hydrogen) atoms. The minimum absolute atomic E-state index is 0.316. The van der Waals surface area contributed by atoms with Gasteiger partial charge in [-0.15, -0.1) is 0 Å². The van der Waals surface area contributed by atoms with Gasteiger partial charge < -0.3 is 20.1 Å². The Morgan fingerprint density at radius 3 is 2.67 bits per heavy atom. The fraction of sp³-hybridized carbons (Fsp3) is 0.524. The van der Waals surface area contributed by atoms with Crippen molar-refractivity contribution in [2.45, 2.75) is 57.4 Å². The number of primary amides is 1. The van der Waals surface area contributed by atoms with E-state index in [1.54, 1.807) is 6.07 Å². The molecule has 6 heteroatoms. The molecule has 4 rings (SSSR count). The van der Waals surface area contributed by atoms with Crippen molar-refractivity contribution in [3.63, 3.8) is 0 Å². The maximum absolute atomic E-state index is 12.2. The fourth-order valence-electron chi connectivity index (χ4n) is 4.92. The van der Waals surface area contributed by atoms with E-state index in [9.17, 15) is 9.59 Å². The highest BCUT2D eigenvalue weighted by Gasteiger charge is 2.33. The second-order valence-corrected chi connectivity index (χ2v) is 7.80. The average Bonchev–Trinajstić information content (AvgIpc) is 3.27. The Labute approximate surface area is 158 Å². The molecule has 1 unspecified atom stereocenters. The summed E-state index contributed by atoms with van der Waals surface area (Å²) in [6, 6.07) is 5.74. The number of ether oxygens (including phenoxy) is 1. The van der Waals surface area contributed by atoms with Crippen LogP contribution in [0, 0.1) is 5.92 Å². The van der Waals surface area contributed by atoms with E-state index in [2.05, 4.69) is 4.57 Å². The van der Waals surface area contributed by atoms with E-state index < -0.39 is 12.6 Å². The van der Waals surface area contributed by atoms with Gasteiger partial charge in [0.15, 0.2) is 6.61 Å². The van der Waals surface area contributed by atoms with Crippen LogP contribution >= 0.6 is 0 Å². The number of carboxylic acids is 1. The largest absolute Gasteiger partial charge is 0.481 e. The van der Waals surface area contributed by atoms with Gasteiger partial charge in [0.1, 0.15) is 5.75 Å². The van der Waals surface area contributed by atoms with Crippen molar-refractivity contribution in [2.24, 2.45) is 11.7 Å². The first kappa shape index (κ1) is 17.9. The highest BCUT2D eigenvalue weighted by atomic mass is 16.5. The summed E-state index contributed by atoms with van der Waals surface area (Å²) in [5.74, 6) is -0.482. The average molecular weight is 370 g/mol. The summed E-state index contributed by atoms with van der Waals surface area (Å²) in [6.07, 6.45) is 7.63. The van der Waals surface area contributed by atoms with Crippen molar-refractivity contribution in [3.8, 4) is 5.75 Å². The van der Waals surface area contributed by atoms with Crippen LogP contribution in [0.25, 0.3) is 10.9 Å². The molecule has 0 bridgehead atoms. The molecule has 0 aliphatic heterocycles. The van der Waals surface area contributed by atoms with Gasteiger partial charge in [0.25, 0.3) is 0 Å². The van der Waals surface area contributed by atoms with Crippen LogP contribution in [0.5, 0.6) is 5.75 Å². The monoisotopic (exact) mass is 370 g/mol. The lowest BCUT2D eigenvalue weighted by atomic mass is 9.84. The zero-order valence-electron chi connectivity index (χ0n) is 15.4. The number of nitrogens with two attached hydrogens (primary N) is 1. The molecule has 0 spiro atoms.